The minimum Gasteiger partial charge on any atom is -0.468 e. The molecule has 0 atom stereocenters. The highest BCUT2D eigenvalue weighted by Crippen LogP contribution is 2.16. The van der Waals surface area contributed by atoms with Crippen LogP contribution in [0.3, 0.4) is 0 Å². The van der Waals surface area contributed by atoms with Crippen LogP contribution in [0, 0.1) is 4.77 Å². The van der Waals surface area contributed by atoms with Crippen LogP contribution in [0.25, 0.3) is 11.4 Å². The van der Waals surface area contributed by atoms with Gasteiger partial charge < -0.3 is 9.47 Å². The van der Waals surface area contributed by atoms with Gasteiger partial charge in [0.2, 0.25) is 4.77 Å². The summed E-state index contributed by atoms with van der Waals surface area (Å²) in [5, 5.41) is 3.10. The van der Waals surface area contributed by atoms with Gasteiger partial charge in [0.05, 0.1) is 34.0 Å². The van der Waals surface area contributed by atoms with Crippen LogP contribution in [-0.4, -0.2) is 58.9 Å². The number of aromatic nitrogens is 3. The van der Waals surface area contributed by atoms with E-state index < -0.39 is 11.9 Å². The largest absolute Gasteiger partial charge is 0.468 e. The van der Waals surface area contributed by atoms with E-state index in [1.54, 1.807) is 9.58 Å². The van der Waals surface area contributed by atoms with E-state index in [1.165, 1.54) is 19.8 Å². The Morgan fingerprint density at radius 3 is 2.23 bits per heavy atom. The molecule has 1 heterocycles. The van der Waals surface area contributed by atoms with Crippen molar-refractivity contribution in [3.05, 3.63) is 34.6 Å². The van der Waals surface area contributed by atoms with Crippen LogP contribution in [0.15, 0.2) is 24.3 Å². The van der Waals surface area contributed by atoms with E-state index in [0.29, 0.717) is 10.6 Å². The number of carbonyl (C=O) groups excluding carboxylic acids is 2. The third kappa shape index (κ3) is 5.24. The summed E-state index contributed by atoms with van der Waals surface area (Å²) in [5.74, 6) is -0.306. The third-order valence-electron chi connectivity index (χ3n) is 3.82. The topological polar surface area (TPSA) is 89.5 Å². The van der Waals surface area contributed by atoms with Crippen LogP contribution in [0.1, 0.15) is 12.5 Å². The minimum atomic E-state index is -0.463. The molecule has 0 aliphatic carbocycles. The molecule has 0 bridgehead atoms. The van der Waals surface area contributed by atoms with E-state index >= 15 is 0 Å². The quantitative estimate of drug-likeness (QED) is 0.553. The second-order valence-electron chi connectivity index (χ2n) is 5.61. The first-order chi connectivity index (χ1) is 12.5. The summed E-state index contributed by atoms with van der Waals surface area (Å²) in [5.41, 5.74) is 2.13. The van der Waals surface area contributed by atoms with Gasteiger partial charge >= 0.3 is 11.9 Å². The SMILES string of the molecule is CCc1ccc(-c2nc(=S)n(CN(CC(=O)OC)CC(=O)OC)[nH]2)cc1. The molecule has 1 aromatic carbocycles. The fraction of sp³-hybridized carbons (Fsp3) is 0.412. The van der Waals surface area contributed by atoms with Crippen molar-refractivity contribution in [3.63, 3.8) is 0 Å². The maximum atomic E-state index is 11.6. The number of carbonyl (C=O) groups is 2. The number of nitrogens with one attached hydrogen (secondary N) is 1. The van der Waals surface area contributed by atoms with E-state index in [1.807, 2.05) is 24.3 Å². The average molecular weight is 378 g/mol. The summed E-state index contributed by atoms with van der Waals surface area (Å²) in [6.07, 6.45) is 0.959. The smallest absolute Gasteiger partial charge is 0.319 e. The summed E-state index contributed by atoms with van der Waals surface area (Å²) >= 11 is 5.29. The van der Waals surface area contributed by atoms with Gasteiger partial charge in [0.1, 0.15) is 0 Å². The van der Waals surface area contributed by atoms with Crippen molar-refractivity contribution >= 4 is 24.2 Å². The van der Waals surface area contributed by atoms with Crippen LogP contribution in [-0.2, 0) is 32.2 Å². The summed E-state index contributed by atoms with van der Waals surface area (Å²) in [6, 6.07) is 8.01. The van der Waals surface area contributed by atoms with Gasteiger partial charge in [-0.25, -0.2) is 4.68 Å². The van der Waals surface area contributed by atoms with E-state index in [2.05, 4.69) is 26.5 Å². The van der Waals surface area contributed by atoms with Gasteiger partial charge in [0.25, 0.3) is 0 Å². The Labute approximate surface area is 156 Å². The highest BCUT2D eigenvalue weighted by atomic mass is 32.1. The standard InChI is InChI=1S/C17H22N4O4S/c1-4-12-5-7-13(8-6-12)16-18-17(26)21(19-16)11-20(9-14(22)24-2)10-15(23)25-3/h5-8H,4,9-11H2,1-3H3,(H,18,19,26). The predicted molar refractivity (Wildman–Crippen MR) is 97.8 cm³/mol. The zero-order valence-electron chi connectivity index (χ0n) is 15.0. The van der Waals surface area contributed by atoms with Crippen LogP contribution >= 0.6 is 12.2 Å². The van der Waals surface area contributed by atoms with Gasteiger partial charge in [-0.2, -0.15) is 4.98 Å². The number of benzene rings is 1. The number of nitrogens with zero attached hydrogens (tertiary/aromatic N) is 3. The second-order valence-corrected chi connectivity index (χ2v) is 5.98. The number of hydrogen-bond acceptors (Lipinski definition) is 7. The van der Waals surface area contributed by atoms with Gasteiger partial charge in [0.15, 0.2) is 5.82 Å². The normalized spacial score (nSPS) is 10.8. The molecule has 0 spiro atoms. The summed E-state index contributed by atoms with van der Waals surface area (Å²) in [6.45, 7) is 2.11. The fourth-order valence-electron chi connectivity index (χ4n) is 2.33. The van der Waals surface area contributed by atoms with Crippen molar-refractivity contribution < 1.29 is 19.1 Å². The fourth-order valence-corrected chi connectivity index (χ4v) is 2.52. The molecule has 2 rings (SSSR count). The zero-order valence-corrected chi connectivity index (χ0v) is 15.8. The molecule has 0 saturated carbocycles. The maximum absolute atomic E-state index is 11.6. The first-order valence-corrected chi connectivity index (χ1v) is 8.49. The van der Waals surface area contributed by atoms with Crippen LogP contribution in [0.2, 0.25) is 0 Å². The monoisotopic (exact) mass is 378 g/mol. The van der Waals surface area contributed by atoms with Gasteiger partial charge in [-0.15, -0.1) is 0 Å². The molecular formula is C17H22N4O4S. The molecule has 0 fully saturated rings. The molecule has 0 aliphatic rings. The van der Waals surface area contributed by atoms with Crippen molar-refractivity contribution in [1.82, 2.24) is 19.7 Å². The van der Waals surface area contributed by atoms with Crippen molar-refractivity contribution in [2.24, 2.45) is 0 Å². The molecule has 0 amide bonds. The number of aromatic amines is 1. The molecule has 0 aliphatic heterocycles. The Bertz CT molecular complexity index is 795. The highest BCUT2D eigenvalue weighted by molar-refractivity contribution is 7.71. The van der Waals surface area contributed by atoms with Crippen LogP contribution < -0.4 is 0 Å². The first-order valence-electron chi connectivity index (χ1n) is 8.09. The molecule has 140 valence electrons. The summed E-state index contributed by atoms with van der Waals surface area (Å²) < 4.78 is 11.2. The lowest BCUT2D eigenvalue weighted by atomic mass is 10.1. The van der Waals surface area contributed by atoms with Crippen molar-refractivity contribution in [1.29, 1.82) is 0 Å². The molecule has 0 saturated heterocycles. The average Bonchev–Trinajstić information content (AvgIpc) is 3.01. The molecule has 2 aromatic rings. The Morgan fingerprint density at radius 1 is 1.15 bits per heavy atom. The molecule has 26 heavy (non-hydrogen) atoms. The van der Waals surface area contributed by atoms with Gasteiger partial charge in [-0.05, 0) is 24.2 Å². The van der Waals surface area contributed by atoms with Crippen molar-refractivity contribution in [2.45, 2.75) is 20.0 Å². The molecule has 1 aromatic heterocycles. The van der Waals surface area contributed by atoms with E-state index in [4.69, 9.17) is 12.2 Å². The number of rotatable bonds is 8. The number of H-pyrrole nitrogens is 1. The van der Waals surface area contributed by atoms with Gasteiger partial charge in [-0.3, -0.25) is 19.6 Å². The Morgan fingerprint density at radius 2 is 1.73 bits per heavy atom. The van der Waals surface area contributed by atoms with Crippen molar-refractivity contribution in [3.8, 4) is 11.4 Å². The van der Waals surface area contributed by atoms with E-state index in [0.717, 1.165) is 12.0 Å². The lowest BCUT2D eigenvalue weighted by Gasteiger charge is -2.19. The number of ether oxygens (including phenoxy) is 2. The van der Waals surface area contributed by atoms with Gasteiger partial charge in [-0.1, -0.05) is 31.2 Å². The first kappa shape index (κ1) is 19.8. The lowest BCUT2D eigenvalue weighted by molar-refractivity contribution is -0.146. The number of esters is 2. The maximum Gasteiger partial charge on any atom is 0.319 e. The molecule has 0 unspecified atom stereocenters. The molecular weight excluding hydrogens is 356 g/mol. The Kier molecular flexibility index (Phi) is 7.05. The number of aryl methyl sites for hydroxylation is 1. The molecule has 8 nitrogen and oxygen atoms in total. The highest BCUT2D eigenvalue weighted by Gasteiger charge is 2.17. The number of methoxy groups -OCH3 is 2. The van der Waals surface area contributed by atoms with E-state index in [-0.39, 0.29) is 19.8 Å². The van der Waals surface area contributed by atoms with Gasteiger partial charge in [0, 0.05) is 5.56 Å². The third-order valence-corrected chi connectivity index (χ3v) is 4.13. The van der Waals surface area contributed by atoms with E-state index in [9.17, 15) is 9.59 Å². The summed E-state index contributed by atoms with van der Waals surface area (Å²) in [4.78, 5) is 29.1. The Hall–Kier alpha value is -2.52. The molecule has 1 N–H and O–H groups in total. The minimum absolute atomic E-state index is 0.0765. The van der Waals surface area contributed by atoms with Crippen molar-refractivity contribution in [2.75, 3.05) is 27.3 Å². The zero-order chi connectivity index (χ0) is 19.1. The molecule has 0 radical (unpaired) electrons. The second kappa shape index (κ2) is 9.25. The van der Waals surface area contributed by atoms with Crippen LogP contribution in [0.5, 0.6) is 0 Å². The summed E-state index contributed by atoms with van der Waals surface area (Å²) in [7, 11) is 2.58. The lowest BCUT2D eigenvalue weighted by Crippen LogP contribution is -2.37. The number of hydrogen-bond donors (Lipinski definition) is 1. The van der Waals surface area contributed by atoms with Crippen LogP contribution in [0.4, 0.5) is 0 Å². The predicted octanol–water partition coefficient (Wildman–Crippen LogP) is 1.78. The Balaban J connectivity index is 2.20. The molecule has 9 heteroatoms.